The van der Waals surface area contributed by atoms with Crippen LogP contribution in [0.25, 0.3) is 11.5 Å². The molecular formula is C14H14ClNO3. The average Bonchev–Trinajstić information content (AvgIpc) is 2.74. The van der Waals surface area contributed by atoms with Crippen LogP contribution < -0.4 is 0 Å². The molecule has 1 aromatic heterocycles. The van der Waals surface area contributed by atoms with Crippen LogP contribution in [0.3, 0.4) is 0 Å². The zero-order valence-corrected chi connectivity index (χ0v) is 11.7. The lowest BCUT2D eigenvalue weighted by molar-refractivity contribution is 0.0659. The minimum atomic E-state index is -1.13. The molecule has 0 unspecified atom stereocenters. The lowest BCUT2D eigenvalue weighted by atomic mass is 9.91. The Hall–Kier alpha value is -1.81. The van der Waals surface area contributed by atoms with Gasteiger partial charge < -0.3 is 9.52 Å². The maximum absolute atomic E-state index is 11.2. The first kappa shape index (κ1) is 13.6. The highest BCUT2D eigenvalue weighted by Crippen LogP contribution is 2.33. The second-order valence-electron chi connectivity index (χ2n) is 5.23. The minimum absolute atomic E-state index is 0.137. The van der Waals surface area contributed by atoms with E-state index in [1.807, 2.05) is 20.8 Å². The molecule has 19 heavy (non-hydrogen) atoms. The fourth-order valence-electron chi connectivity index (χ4n) is 1.72. The Morgan fingerprint density at radius 2 is 1.95 bits per heavy atom. The lowest BCUT2D eigenvalue weighted by Crippen LogP contribution is -2.16. The van der Waals surface area contributed by atoms with E-state index < -0.39 is 11.4 Å². The third kappa shape index (κ3) is 2.63. The minimum Gasteiger partial charge on any atom is -0.475 e. The van der Waals surface area contributed by atoms with E-state index in [1.165, 1.54) is 0 Å². The van der Waals surface area contributed by atoms with Gasteiger partial charge in [0.2, 0.25) is 11.7 Å². The number of halogens is 1. The summed E-state index contributed by atoms with van der Waals surface area (Å²) in [6, 6.07) is 7.03. The molecule has 1 aromatic carbocycles. The van der Waals surface area contributed by atoms with Crippen LogP contribution in [0.5, 0.6) is 0 Å². The van der Waals surface area contributed by atoms with Crippen molar-refractivity contribution in [1.82, 2.24) is 4.98 Å². The molecule has 0 bridgehead atoms. The lowest BCUT2D eigenvalue weighted by Gasteiger charge is -2.14. The number of carbonyl (C=O) groups is 1. The van der Waals surface area contributed by atoms with Gasteiger partial charge in [-0.05, 0) is 12.1 Å². The number of benzene rings is 1. The standard InChI is InChI=1S/C14H14ClNO3/c1-14(2,3)11-10(13(17)18)19-12(16-11)8-6-4-5-7-9(8)15/h4-7H,1-3H3,(H,17,18). The summed E-state index contributed by atoms with van der Waals surface area (Å²) in [5.74, 6) is -1.04. The summed E-state index contributed by atoms with van der Waals surface area (Å²) in [4.78, 5) is 15.5. The van der Waals surface area contributed by atoms with Gasteiger partial charge in [-0.15, -0.1) is 0 Å². The Morgan fingerprint density at radius 1 is 1.32 bits per heavy atom. The van der Waals surface area contributed by atoms with E-state index in [0.717, 1.165) is 0 Å². The van der Waals surface area contributed by atoms with E-state index in [-0.39, 0.29) is 11.7 Å². The summed E-state index contributed by atoms with van der Waals surface area (Å²) in [6.07, 6.45) is 0. The zero-order valence-electron chi connectivity index (χ0n) is 10.9. The molecule has 5 heteroatoms. The predicted molar refractivity (Wildman–Crippen MR) is 72.6 cm³/mol. The van der Waals surface area contributed by atoms with Crippen molar-refractivity contribution in [3.05, 3.63) is 40.7 Å². The van der Waals surface area contributed by atoms with Gasteiger partial charge in [0, 0.05) is 5.41 Å². The normalized spacial score (nSPS) is 11.6. The number of hydrogen-bond donors (Lipinski definition) is 1. The molecular weight excluding hydrogens is 266 g/mol. The second kappa shape index (κ2) is 4.70. The topological polar surface area (TPSA) is 63.3 Å². The van der Waals surface area contributed by atoms with Crippen molar-refractivity contribution in [3.63, 3.8) is 0 Å². The summed E-state index contributed by atoms with van der Waals surface area (Å²) in [6.45, 7) is 5.65. The van der Waals surface area contributed by atoms with E-state index in [4.69, 9.17) is 16.0 Å². The summed E-state index contributed by atoms with van der Waals surface area (Å²) in [5.41, 5.74) is 0.577. The largest absolute Gasteiger partial charge is 0.475 e. The zero-order chi connectivity index (χ0) is 14.2. The second-order valence-corrected chi connectivity index (χ2v) is 5.64. The van der Waals surface area contributed by atoms with Crippen LogP contribution in [-0.2, 0) is 5.41 Å². The molecule has 4 nitrogen and oxygen atoms in total. The number of oxazole rings is 1. The van der Waals surface area contributed by atoms with Crippen molar-refractivity contribution in [2.24, 2.45) is 0 Å². The van der Waals surface area contributed by atoms with E-state index in [2.05, 4.69) is 4.98 Å². The first-order chi connectivity index (χ1) is 8.80. The molecule has 0 fully saturated rings. The molecule has 2 rings (SSSR count). The molecule has 0 saturated heterocycles. The van der Waals surface area contributed by atoms with Crippen LogP contribution in [-0.4, -0.2) is 16.1 Å². The number of carboxylic acid groups (broad SMARTS) is 1. The van der Waals surface area contributed by atoms with Gasteiger partial charge in [0.25, 0.3) is 0 Å². The van der Waals surface area contributed by atoms with Crippen LogP contribution in [0, 0.1) is 0 Å². The van der Waals surface area contributed by atoms with Crippen molar-refractivity contribution in [2.75, 3.05) is 0 Å². The van der Waals surface area contributed by atoms with Gasteiger partial charge >= 0.3 is 5.97 Å². The first-order valence-electron chi connectivity index (χ1n) is 5.80. The molecule has 1 N–H and O–H groups in total. The third-order valence-corrected chi connectivity index (χ3v) is 2.97. The van der Waals surface area contributed by atoms with E-state index in [9.17, 15) is 9.90 Å². The molecule has 0 aliphatic rings. The molecule has 0 saturated carbocycles. The number of aromatic nitrogens is 1. The number of nitrogens with zero attached hydrogens (tertiary/aromatic N) is 1. The number of hydrogen-bond acceptors (Lipinski definition) is 3. The Bertz CT molecular complexity index is 626. The monoisotopic (exact) mass is 279 g/mol. The third-order valence-electron chi connectivity index (χ3n) is 2.64. The van der Waals surface area contributed by atoms with Gasteiger partial charge in [0.15, 0.2) is 0 Å². The van der Waals surface area contributed by atoms with Crippen molar-refractivity contribution < 1.29 is 14.3 Å². The summed E-state index contributed by atoms with van der Waals surface area (Å²) in [7, 11) is 0. The van der Waals surface area contributed by atoms with Crippen LogP contribution in [0.1, 0.15) is 37.0 Å². The summed E-state index contributed by atoms with van der Waals surface area (Å²) < 4.78 is 5.37. The first-order valence-corrected chi connectivity index (χ1v) is 6.18. The van der Waals surface area contributed by atoms with Crippen LogP contribution >= 0.6 is 11.6 Å². The number of carboxylic acids is 1. The van der Waals surface area contributed by atoms with Crippen molar-refractivity contribution in [1.29, 1.82) is 0 Å². The molecule has 0 amide bonds. The molecule has 0 spiro atoms. The van der Waals surface area contributed by atoms with Crippen LogP contribution in [0.4, 0.5) is 0 Å². The predicted octanol–water partition coefficient (Wildman–Crippen LogP) is 3.99. The van der Waals surface area contributed by atoms with Crippen molar-refractivity contribution in [2.45, 2.75) is 26.2 Å². The molecule has 0 aliphatic heterocycles. The highest BCUT2D eigenvalue weighted by molar-refractivity contribution is 6.33. The van der Waals surface area contributed by atoms with E-state index in [1.54, 1.807) is 24.3 Å². The van der Waals surface area contributed by atoms with E-state index in [0.29, 0.717) is 16.3 Å². The fourth-order valence-corrected chi connectivity index (χ4v) is 1.94. The van der Waals surface area contributed by atoms with Crippen molar-refractivity contribution in [3.8, 4) is 11.5 Å². The quantitative estimate of drug-likeness (QED) is 0.903. The highest BCUT2D eigenvalue weighted by Gasteiger charge is 2.29. The average molecular weight is 280 g/mol. The maximum Gasteiger partial charge on any atom is 0.373 e. The van der Waals surface area contributed by atoms with E-state index >= 15 is 0 Å². The molecule has 100 valence electrons. The molecule has 1 heterocycles. The molecule has 0 aliphatic carbocycles. The smallest absolute Gasteiger partial charge is 0.373 e. The highest BCUT2D eigenvalue weighted by atomic mass is 35.5. The van der Waals surface area contributed by atoms with Crippen LogP contribution in [0.2, 0.25) is 5.02 Å². The van der Waals surface area contributed by atoms with Gasteiger partial charge in [-0.25, -0.2) is 9.78 Å². The van der Waals surface area contributed by atoms with Gasteiger partial charge in [0.1, 0.15) is 5.69 Å². The van der Waals surface area contributed by atoms with Gasteiger partial charge in [-0.3, -0.25) is 0 Å². The number of rotatable bonds is 2. The van der Waals surface area contributed by atoms with Gasteiger partial charge in [0.05, 0.1) is 10.6 Å². The molecule has 0 radical (unpaired) electrons. The molecule has 2 aromatic rings. The SMILES string of the molecule is CC(C)(C)c1nc(-c2ccccc2Cl)oc1C(=O)O. The van der Waals surface area contributed by atoms with Crippen LogP contribution in [0.15, 0.2) is 28.7 Å². The Kier molecular flexibility index (Phi) is 3.37. The van der Waals surface area contributed by atoms with Gasteiger partial charge in [-0.2, -0.15) is 0 Å². The van der Waals surface area contributed by atoms with Gasteiger partial charge in [-0.1, -0.05) is 44.5 Å². The summed E-state index contributed by atoms with van der Waals surface area (Å²) >= 11 is 6.07. The Balaban J connectivity index is 2.62. The maximum atomic E-state index is 11.2. The Labute approximate surface area is 116 Å². The fraction of sp³-hybridized carbons (Fsp3) is 0.286. The summed E-state index contributed by atoms with van der Waals surface area (Å²) in [5, 5.41) is 9.67. The van der Waals surface area contributed by atoms with Crippen molar-refractivity contribution >= 4 is 17.6 Å². The Morgan fingerprint density at radius 3 is 2.42 bits per heavy atom. The number of aromatic carboxylic acids is 1. The molecule has 0 atom stereocenters.